The van der Waals surface area contributed by atoms with Crippen molar-refractivity contribution in [2.75, 3.05) is 12.4 Å². The highest BCUT2D eigenvalue weighted by atomic mass is 35.5. The zero-order valence-electron chi connectivity index (χ0n) is 17.5. The number of anilines is 1. The first-order valence-corrected chi connectivity index (χ1v) is 10.2. The molecule has 0 aliphatic carbocycles. The van der Waals surface area contributed by atoms with E-state index >= 15 is 0 Å². The Balaban J connectivity index is 2.07. The van der Waals surface area contributed by atoms with Crippen LogP contribution in [-0.2, 0) is 4.79 Å². The van der Waals surface area contributed by atoms with E-state index in [9.17, 15) is 14.4 Å². The van der Waals surface area contributed by atoms with Gasteiger partial charge in [-0.3, -0.25) is 19.0 Å². The van der Waals surface area contributed by atoms with E-state index in [0.717, 1.165) is 0 Å². The minimum atomic E-state index is -0.734. The van der Waals surface area contributed by atoms with Crippen molar-refractivity contribution in [2.24, 2.45) is 0 Å². The Bertz CT molecular complexity index is 1170. The lowest BCUT2D eigenvalue weighted by Gasteiger charge is -2.20. The number of nitrogens with one attached hydrogen (secondary N) is 1. The molecule has 0 fully saturated rings. The number of ketones is 1. The standard InChI is InChI=1S/C24H23ClN2O4/c1-4-21(24(30)26-17-8-6-5-7-9-17)27-14-22(31-3)20(13-23(27)29)19-12-16(25)10-11-18(19)15(2)28/h5-14,21H,4H2,1-3H3,(H,26,30). The van der Waals surface area contributed by atoms with Crippen molar-refractivity contribution in [3.63, 3.8) is 0 Å². The number of hydrogen-bond acceptors (Lipinski definition) is 4. The SMILES string of the molecule is CCC(C(=O)Nc1ccccc1)n1cc(OC)c(-c2cc(Cl)ccc2C(C)=O)cc1=O. The van der Waals surface area contributed by atoms with E-state index in [4.69, 9.17) is 16.3 Å². The number of pyridine rings is 1. The number of halogens is 1. The molecule has 0 bridgehead atoms. The van der Waals surface area contributed by atoms with E-state index in [2.05, 4.69) is 5.32 Å². The van der Waals surface area contributed by atoms with Gasteiger partial charge < -0.3 is 10.1 Å². The summed E-state index contributed by atoms with van der Waals surface area (Å²) in [6.45, 7) is 3.27. The summed E-state index contributed by atoms with van der Waals surface area (Å²) in [5.41, 5.74) is 1.62. The molecule has 1 unspecified atom stereocenters. The van der Waals surface area contributed by atoms with E-state index in [1.54, 1.807) is 30.3 Å². The number of carbonyl (C=O) groups is 2. The lowest BCUT2D eigenvalue weighted by atomic mass is 9.97. The number of nitrogens with zero attached hydrogens (tertiary/aromatic N) is 1. The molecule has 1 aromatic heterocycles. The molecule has 6 nitrogen and oxygen atoms in total. The number of carbonyl (C=O) groups excluding carboxylic acids is 2. The van der Waals surface area contributed by atoms with Crippen molar-refractivity contribution in [3.8, 4) is 16.9 Å². The fraction of sp³-hybridized carbons (Fsp3) is 0.208. The smallest absolute Gasteiger partial charge is 0.252 e. The van der Waals surface area contributed by atoms with Gasteiger partial charge in [0.25, 0.3) is 5.56 Å². The molecule has 0 spiro atoms. The van der Waals surface area contributed by atoms with Gasteiger partial charge >= 0.3 is 0 Å². The summed E-state index contributed by atoms with van der Waals surface area (Å²) in [7, 11) is 1.47. The molecule has 1 N–H and O–H groups in total. The zero-order chi connectivity index (χ0) is 22.5. The Morgan fingerprint density at radius 1 is 1.10 bits per heavy atom. The predicted molar refractivity (Wildman–Crippen MR) is 122 cm³/mol. The Kier molecular flexibility index (Phi) is 6.92. The molecule has 0 aliphatic heterocycles. The van der Waals surface area contributed by atoms with Crippen LogP contribution < -0.4 is 15.6 Å². The van der Waals surface area contributed by atoms with Gasteiger partial charge in [-0.25, -0.2) is 0 Å². The van der Waals surface area contributed by atoms with Gasteiger partial charge in [-0.1, -0.05) is 36.7 Å². The molecule has 3 aromatic rings. The van der Waals surface area contributed by atoms with Crippen LogP contribution in [-0.4, -0.2) is 23.4 Å². The average molecular weight is 439 g/mol. The van der Waals surface area contributed by atoms with Crippen molar-refractivity contribution in [1.29, 1.82) is 0 Å². The Morgan fingerprint density at radius 2 is 1.81 bits per heavy atom. The number of methoxy groups -OCH3 is 1. The summed E-state index contributed by atoms with van der Waals surface area (Å²) in [4.78, 5) is 38.0. The number of hydrogen-bond donors (Lipinski definition) is 1. The molecular weight excluding hydrogens is 416 g/mol. The molecule has 0 radical (unpaired) electrons. The van der Waals surface area contributed by atoms with Gasteiger partial charge in [0.05, 0.1) is 13.3 Å². The maximum Gasteiger partial charge on any atom is 0.252 e. The third kappa shape index (κ3) is 4.86. The second-order valence-electron chi connectivity index (χ2n) is 7.03. The number of ether oxygens (including phenoxy) is 1. The van der Waals surface area contributed by atoms with E-state index in [0.29, 0.717) is 39.6 Å². The first-order chi connectivity index (χ1) is 14.8. The third-order valence-electron chi connectivity index (χ3n) is 4.98. The molecule has 3 rings (SSSR count). The molecule has 2 aromatic carbocycles. The quantitative estimate of drug-likeness (QED) is 0.528. The van der Waals surface area contributed by atoms with Gasteiger partial charge in [-0.05, 0) is 49.2 Å². The first kappa shape index (κ1) is 22.3. The van der Waals surface area contributed by atoms with Gasteiger partial charge in [0, 0.05) is 27.9 Å². The van der Waals surface area contributed by atoms with E-state index in [1.807, 2.05) is 25.1 Å². The largest absolute Gasteiger partial charge is 0.495 e. The predicted octanol–water partition coefficient (Wildman–Crippen LogP) is 4.97. The maximum atomic E-state index is 13.0. The molecule has 7 heteroatoms. The molecule has 160 valence electrons. The summed E-state index contributed by atoms with van der Waals surface area (Å²) < 4.78 is 6.86. The van der Waals surface area contributed by atoms with Gasteiger partial charge in [-0.15, -0.1) is 0 Å². The summed E-state index contributed by atoms with van der Waals surface area (Å²) in [5, 5.41) is 3.26. The Morgan fingerprint density at radius 3 is 2.42 bits per heavy atom. The van der Waals surface area contributed by atoms with Crippen molar-refractivity contribution in [3.05, 3.63) is 81.7 Å². The van der Waals surface area contributed by atoms with E-state index in [1.165, 1.54) is 30.9 Å². The second kappa shape index (κ2) is 9.62. The third-order valence-corrected chi connectivity index (χ3v) is 5.22. The minimum absolute atomic E-state index is 0.161. The van der Waals surface area contributed by atoms with Crippen LogP contribution in [0, 0.1) is 0 Å². The Hall–Kier alpha value is -3.38. The fourth-order valence-electron chi connectivity index (χ4n) is 3.45. The summed E-state index contributed by atoms with van der Waals surface area (Å²) in [6.07, 6.45) is 1.90. The monoisotopic (exact) mass is 438 g/mol. The van der Waals surface area contributed by atoms with Crippen molar-refractivity contribution in [2.45, 2.75) is 26.3 Å². The lowest BCUT2D eigenvalue weighted by Crippen LogP contribution is -2.32. The molecule has 0 saturated heterocycles. The van der Waals surface area contributed by atoms with Crippen LogP contribution in [0.15, 0.2) is 65.6 Å². The average Bonchev–Trinajstić information content (AvgIpc) is 2.75. The van der Waals surface area contributed by atoms with Gasteiger partial charge in [-0.2, -0.15) is 0 Å². The molecule has 31 heavy (non-hydrogen) atoms. The molecular formula is C24H23ClN2O4. The number of benzene rings is 2. The number of rotatable bonds is 7. The number of Topliss-reactive ketones (excluding diaryl/α,β-unsaturated/α-hetero) is 1. The topological polar surface area (TPSA) is 77.4 Å². The zero-order valence-corrected chi connectivity index (χ0v) is 18.3. The fourth-order valence-corrected chi connectivity index (χ4v) is 3.62. The van der Waals surface area contributed by atoms with Crippen LogP contribution in [0.1, 0.15) is 36.7 Å². The first-order valence-electron chi connectivity index (χ1n) is 9.82. The molecule has 0 saturated carbocycles. The summed E-state index contributed by atoms with van der Waals surface area (Å²) in [6, 6.07) is 14.5. The van der Waals surface area contributed by atoms with Gasteiger partial charge in [0.2, 0.25) is 5.91 Å². The van der Waals surface area contributed by atoms with Gasteiger partial charge in [0.1, 0.15) is 11.8 Å². The Labute approximate surface area is 185 Å². The molecule has 1 heterocycles. The van der Waals surface area contributed by atoms with Crippen LogP contribution in [0.25, 0.3) is 11.1 Å². The van der Waals surface area contributed by atoms with Crippen LogP contribution in [0.3, 0.4) is 0 Å². The van der Waals surface area contributed by atoms with E-state index < -0.39 is 6.04 Å². The number of amides is 1. The van der Waals surface area contributed by atoms with Gasteiger partial charge in [0.15, 0.2) is 5.78 Å². The number of para-hydroxylation sites is 1. The van der Waals surface area contributed by atoms with Crippen LogP contribution in [0.5, 0.6) is 5.75 Å². The van der Waals surface area contributed by atoms with Crippen LogP contribution in [0.4, 0.5) is 5.69 Å². The second-order valence-corrected chi connectivity index (χ2v) is 7.46. The van der Waals surface area contributed by atoms with E-state index in [-0.39, 0.29) is 17.2 Å². The normalized spacial score (nSPS) is 11.6. The summed E-state index contributed by atoms with van der Waals surface area (Å²) >= 11 is 6.14. The van der Waals surface area contributed by atoms with Crippen LogP contribution in [0.2, 0.25) is 5.02 Å². The lowest BCUT2D eigenvalue weighted by molar-refractivity contribution is -0.119. The van der Waals surface area contributed by atoms with Crippen molar-refractivity contribution in [1.82, 2.24) is 4.57 Å². The maximum absolute atomic E-state index is 13.0. The van der Waals surface area contributed by atoms with Crippen LogP contribution >= 0.6 is 11.6 Å². The molecule has 0 aliphatic rings. The molecule has 1 amide bonds. The van der Waals surface area contributed by atoms with Crippen molar-refractivity contribution >= 4 is 29.0 Å². The number of aromatic nitrogens is 1. The summed E-state index contributed by atoms with van der Waals surface area (Å²) in [5.74, 6) is -0.111. The highest BCUT2D eigenvalue weighted by Crippen LogP contribution is 2.34. The molecule has 1 atom stereocenters. The highest BCUT2D eigenvalue weighted by Gasteiger charge is 2.23. The highest BCUT2D eigenvalue weighted by molar-refractivity contribution is 6.31. The van der Waals surface area contributed by atoms with Crippen molar-refractivity contribution < 1.29 is 14.3 Å². The minimum Gasteiger partial charge on any atom is -0.495 e.